The van der Waals surface area contributed by atoms with Crippen LogP contribution in [0.2, 0.25) is 5.02 Å². The molecule has 1 aliphatic heterocycles. The highest BCUT2D eigenvalue weighted by Crippen LogP contribution is 2.52. The van der Waals surface area contributed by atoms with E-state index in [1.54, 1.807) is 17.8 Å². The molecule has 1 aliphatic rings. The molecular formula is C23H19ClO2S. The van der Waals surface area contributed by atoms with Gasteiger partial charge in [-0.2, -0.15) is 0 Å². The normalized spacial score (nSPS) is 14.2. The van der Waals surface area contributed by atoms with E-state index < -0.39 is 0 Å². The van der Waals surface area contributed by atoms with E-state index in [9.17, 15) is 4.79 Å². The number of carbonyl (C=O) groups excluding carboxylic acids is 1. The number of benzene rings is 3. The summed E-state index contributed by atoms with van der Waals surface area (Å²) < 4.78 is 4.99. The first-order valence-electron chi connectivity index (χ1n) is 8.72. The zero-order chi connectivity index (χ0) is 19.2. The molecule has 27 heavy (non-hydrogen) atoms. The topological polar surface area (TPSA) is 26.3 Å². The molecule has 0 spiro atoms. The molecule has 0 aliphatic carbocycles. The van der Waals surface area contributed by atoms with Gasteiger partial charge in [0.1, 0.15) is 0 Å². The molecule has 3 aromatic carbocycles. The van der Waals surface area contributed by atoms with Gasteiger partial charge in [-0.1, -0.05) is 79.7 Å². The summed E-state index contributed by atoms with van der Waals surface area (Å²) in [5.74, 6) is -0.384. The molecule has 0 amide bonds. The van der Waals surface area contributed by atoms with Gasteiger partial charge in [-0.25, -0.2) is 4.79 Å². The molecule has 3 aromatic rings. The molecule has 0 saturated heterocycles. The molecule has 1 heterocycles. The molecule has 2 nitrogen and oxygen atoms in total. The number of hydrogen-bond acceptors (Lipinski definition) is 3. The highest BCUT2D eigenvalue weighted by atomic mass is 35.5. The molecule has 0 bridgehead atoms. The smallest absolute Gasteiger partial charge is 0.338 e. The third kappa shape index (κ3) is 2.95. The van der Waals surface area contributed by atoms with Crippen molar-refractivity contribution in [3.8, 4) is 11.1 Å². The van der Waals surface area contributed by atoms with Crippen molar-refractivity contribution in [3.05, 3.63) is 82.4 Å². The minimum atomic E-state index is -0.384. The van der Waals surface area contributed by atoms with E-state index in [0.29, 0.717) is 10.6 Å². The molecular weight excluding hydrogens is 376 g/mol. The van der Waals surface area contributed by atoms with Crippen molar-refractivity contribution in [1.82, 2.24) is 0 Å². The summed E-state index contributed by atoms with van der Waals surface area (Å²) in [6.07, 6.45) is 0. The Hall–Kier alpha value is -2.23. The minimum absolute atomic E-state index is 0.120. The Labute approximate surface area is 168 Å². The van der Waals surface area contributed by atoms with Gasteiger partial charge in [0.05, 0.1) is 12.7 Å². The summed E-state index contributed by atoms with van der Waals surface area (Å²) in [6.45, 7) is 4.49. The van der Waals surface area contributed by atoms with Crippen LogP contribution in [-0.4, -0.2) is 13.1 Å². The summed E-state index contributed by atoms with van der Waals surface area (Å²) in [5, 5.41) is 0.516. The fraction of sp³-hybridized carbons (Fsp3) is 0.174. The summed E-state index contributed by atoms with van der Waals surface area (Å²) >= 11 is 7.90. The van der Waals surface area contributed by atoms with Gasteiger partial charge >= 0.3 is 5.97 Å². The third-order valence-electron chi connectivity index (χ3n) is 5.14. The van der Waals surface area contributed by atoms with Gasteiger partial charge < -0.3 is 4.74 Å². The van der Waals surface area contributed by atoms with Gasteiger partial charge in [0.25, 0.3) is 0 Å². The van der Waals surface area contributed by atoms with Crippen LogP contribution in [0.3, 0.4) is 0 Å². The molecule has 4 rings (SSSR count). The summed E-state index contributed by atoms with van der Waals surface area (Å²) in [7, 11) is 1.39. The second-order valence-electron chi connectivity index (χ2n) is 7.09. The zero-order valence-electron chi connectivity index (χ0n) is 15.4. The van der Waals surface area contributed by atoms with E-state index in [0.717, 1.165) is 11.1 Å². The molecule has 0 atom stereocenters. The number of carbonyl (C=O) groups is 1. The van der Waals surface area contributed by atoms with Crippen molar-refractivity contribution in [3.63, 3.8) is 0 Å². The van der Waals surface area contributed by atoms with Gasteiger partial charge in [-0.15, -0.1) is 0 Å². The Bertz CT molecular complexity index is 1060. The second-order valence-corrected chi connectivity index (χ2v) is 8.58. The summed E-state index contributed by atoms with van der Waals surface area (Å²) in [4.78, 5) is 14.8. The number of esters is 1. The lowest BCUT2D eigenvalue weighted by Crippen LogP contribution is -2.24. The molecule has 0 saturated carbocycles. The first-order chi connectivity index (χ1) is 12.9. The van der Waals surface area contributed by atoms with Gasteiger partial charge in [0.15, 0.2) is 0 Å². The fourth-order valence-electron chi connectivity index (χ4n) is 3.71. The maximum Gasteiger partial charge on any atom is 0.338 e. The lowest BCUT2D eigenvalue weighted by atomic mass is 9.76. The standard InChI is InChI=1S/C23H19ClO2S/c1-23(2)18-8-4-5-10-20(18)27-21-16(7-6-9-19(21)23)15-12-11-14(24)13-17(15)22(25)26-3/h4-13H,1-3H3. The third-order valence-corrected chi connectivity index (χ3v) is 6.59. The van der Waals surface area contributed by atoms with Crippen LogP contribution in [0.25, 0.3) is 11.1 Å². The van der Waals surface area contributed by atoms with Crippen LogP contribution in [0.4, 0.5) is 0 Å². The van der Waals surface area contributed by atoms with Gasteiger partial charge in [0.2, 0.25) is 0 Å². The van der Waals surface area contributed by atoms with Gasteiger partial charge in [-0.05, 0) is 40.5 Å². The Morgan fingerprint density at radius 1 is 0.963 bits per heavy atom. The van der Waals surface area contributed by atoms with E-state index in [2.05, 4.69) is 56.3 Å². The number of halogens is 1. The van der Waals surface area contributed by atoms with Crippen LogP contribution >= 0.6 is 23.4 Å². The number of methoxy groups -OCH3 is 1. The Balaban J connectivity index is 1.97. The van der Waals surface area contributed by atoms with Gasteiger partial charge in [0, 0.05) is 20.2 Å². The number of hydrogen-bond donors (Lipinski definition) is 0. The van der Waals surface area contributed by atoms with E-state index in [1.165, 1.54) is 28.0 Å². The Kier molecular flexibility index (Phi) is 4.53. The highest BCUT2D eigenvalue weighted by Gasteiger charge is 2.34. The van der Waals surface area contributed by atoms with Crippen LogP contribution in [0.15, 0.2) is 70.5 Å². The Morgan fingerprint density at radius 3 is 2.48 bits per heavy atom. The van der Waals surface area contributed by atoms with Crippen molar-refractivity contribution in [2.75, 3.05) is 7.11 Å². The molecule has 0 aromatic heterocycles. The summed E-state index contributed by atoms with van der Waals surface area (Å²) in [5.41, 5.74) is 4.81. The SMILES string of the molecule is COC(=O)c1cc(Cl)ccc1-c1cccc2c1Sc1ccccc1C2(C)C. The lowest BCUT2D eigenvalue weighted by molar-refractivity contribution is 0.0601. The zero-order valence-corrected chi connectivity index (χ0v) is 16.9. The first-order valence-corrected chi connectivity index (χ1v) is 9.92. The van der Waals surface area contributed by atoms with Crippen molar-refractivity contribution in [1.29, 1.82) is 0 Å². The van der Waals surface area contributed by atoms with Crippen molar-refractivity contribution in [2.45, 2.75) is 29.1 Å². The predicted octanol–water partition coefficient (Wildman–Crippen LogP) is 6.58. The molecule has 0 N–H and O–H groups in total. The molecule has 4 heteroatoms. The van der Waals surface area contributed by atoms with Crippen molar-refractivity contribution >= 4 is 29.3 Å². The van der Waals surface area contributed by atoms with E-state index in [1.807, 2.05) is 12.1 Å². The van der Waals surface area contributed by atoms with E-state index >= 15 is 0 Å². The fourth-order valence-corrected chi connectivity index (χ4v) is 5.40. The average molecular weight is 395 g/mol. The van der Waals surface area contributed by atoms with Crippen LogP contribution in [-0.2, 0) is 10.2 Å². The van der Waals surface area contributed by atoms with Crippen LogP contribution in [0.1, 0.15) is 35.3 Å². The lowest BCUT2D eigenvalue weighted by Gasteiger charge is -2.35. The van der Waals surface area contributed by atoms with Crippen LogP contribution < -0.4 is 0 Å². The number of ether oxygens (including phenoxy) is 1. The first kappa shape index (κ1) is 18.1. The maximum atomic E-state index is 12.4. The predicted molar refractivity (Wildman–Crippen MR) is 111 cm³/mol. The summed E-state index contributed by atoms with van der Waals surface area (Å²) in [6, 6.07) is 20.2. The van der Waals surface area contributed by atoms with Crippen LogP contribution in [0, 0.1) is 0 Å². The maximum absolute atomic E-state index is 12.4. The minimum Gasteiger partial charge on any atom is -0.465 e. The molecule has 136 valence electrons. The van der Waals surface area contributed by atoms with Crippen molar-refractivity contribution < 1.29 is 9.53 Å². The quantitative estimate of drug-likeness (QED) is 0.459. The molecule has 0 unspecified atom stereocenters. The largest absolute Gasteiger partial charge is 0.465 e. The average Bonchev–Trinajstić information content (AvgIpc) is 2.67. The molecule has 0 radical (unpaired) electrons. The number of rotatable bonds is 2. The highest BCUT2D eigenvalue weighted by molar-refractivity contribution is 7.99. The second kappa shape index (κ2) is 6.74. The van der Waals surface area contributed by atoms with Gasteiger partial charge in [-0.3, -0.25) is 0 Å². The van der Waals surface area contributed by atoms with E-state index in [-0.39, 0.29) is 11.4 Å². The molecule has 0 fully saturated rings. The van der Waals surface area contributed by atoms with Crippen molar-refractivity contribution in [2.24, 2.45) is 0 Å². The monoisotopic (exact) mass is 394 g/mol. The Morgan fingerprint density at radius 2 is 1.70 bits per heavy atom. The number of fused-ring (bicyclic) bond motifs is 2. The van der Waals surface area contributed by atoms with Crippen LogP contribution in [0.5, 0.6) is 0 Å². The van der Waals surface area contributed by atoms with E-state index in [4.69, 9.17) is 16.3 Å².